The van der Waals surface area contributed by atoms with E-state index < -0.39 is 22.2 Å². The Labute approximate surface area is 163 Å². The molecule has 0 unspecified atom stereocenters. The zero-order valence-electron chi connectivity index (χ0n) is 15.5. The molecular weight excluding hydrogens is 378 g/mol. The number of rotatable bonds is 4. The minimum Gasteiger partial charge on any atom is -0.375 e. The maximum absolute atomic E-state index is 12.9. The first kappa shape index (κ1) is 18.7. The van der Waals surface area contributed by atoms with Crippen molar-refractivity contribution in [2.45, 2.75) is 24.0 Å². The second-order valence-corrected chi connectivity index (χ2v) is 8.58. The van der Waals surface area contributed by atoms with Gasteiger partial charge in [-0.25, -0.2) is 13.1 Å². The van der Waals surface area contributed by atoms with Crippen molar-refractivity contribution in [3.05, 3.63) is 65.4 Å². The Morgan fingerprint density at radius 1 is 1.11 bits per heavy atom. The van der Waals surface area contributed by atoms with Crippen molar-refractivity contribution in [2.24, 2.45) is 0 Å². The molecule has 2 atom stereocenters. The Morgan fingerprint density at radius 3 is 2.54 bits per heavy atom. The highest BCUT2D eigenvalue weighted by Crippen LogP contribution is 2.34. The molecule has 3 N–H and O–H groups in total. The molecular formula is C20H21N3O4S. The highest BCUT2D eigenvalue weighted by atomic mass is 32.2. The molecule has 1 aromatic heterocycles. The SMILES string of the molecule is CO[C@H]1c2c([nH]c3ccccc23)C(=O)NC[C@@H]1NS(=O)(=O)c1ccc(C)cc1. The maximum atomic E-state index is 12.9. The summed E-state index contributed by atoms with van der Waals surface area (Å²) in [6.45, 7) is 2.00. The van der Waals surface area contributed by atoms with Gasteiger partial charge < -0.3 is 15.0 Å². The molecule has 0 saturated carbocycles. The van der Waals surface area contributed by atoms with Crippen LogP contribution in [0.25, 0.3) is 10.9 Å². The summed E-state index contributed by atoms with van der Waals surface area (Å²) in [6, 6.07) is 13.4. The van der Waals surface area contributed by atoms with Gasteiger partial charge in [-0.05, 0) is 25.1 Å². The molecule has 1 amide bonds. The summed E-state index contributed by atoms with van der Waals surface area (Å²) in [5.41, 5.74) is 2.82. The number of methoxy groups -OCH3 is 1. The lowest BCUT2D eigenvalue weighted by Crippen LogP contribution is -2.45. The number of sulfonamides is 1. The fraction of sp³-hybridized carbons (Fsp3) is 0.250. The molecule has 2 aromatic carbocycles. The van der Waals surface area contributed by atoms with Crippen molar-refractivity contribution in [3.8, 4) is 0 Å². The highest BCUT2D eigenvalue weighted by Gasteiger charge is 2.36. The summed E-state index contributed by atoms with van der Waals surface area (Å²) < 4.78 is 34.2. The van der Waals surface area contributed by atoms with Crippen LogP contribution in [0.15, 0.2) is 53.4 Å². The van der Waals surface area contributed by atoms with Gasteiger partial charge in [-0.1, -0.05) is 35.9 Å². The van der Waals surface area contributed by atoms with E-state index in [2.05, 4.69) is 15.0 Å². The summed E-state index contributed by atoms with van der Waals surface area (Å²) in [7, 11) is -2.27. The molecule has 0 saturated heterocycles. The van der Waals surface area contributed by atoms with Crippen molar-refractivity contribution in [1.29, 1.82) is 0 Å². The number of para-hydroxylation sites is 1. The second kappa shape index (κ2) is 7.05. The van der Waals surface area contributed by atoms with Crippen LogP contribution in [0, 0.1) is 6.92 Å². The summed E-state index contributed by atoms with van der Waals surface area (Å²) in [4.78, 5) is 15.9. The van der Waals surface area contributed by atoms with Gasteiger partial charge in [-0.2, -0.15) is 0 Å². The number of nitrogens with one attached hydrogen (secondary N) is 3. The molecule has 0 bridgehead atoms. The number of aromatic nitrogens is 1. The lowest BCUT2D eigenvalue weighted by Gasteiger charge is -2.25. The van der Waals surface area contributed by atoms with Crippen molar-refractivity contribution < 1.29 is 17.9 Å². The number of benzene rings is 2. The van der Waals surface area contributed by atoms with Crippen LogP contribution >= 0.6 is 0 Å². The Balaban J connectivity index is 1.76. The number of carbonyl (C=O) groups excluding carboxylic acids is 1. The zero-order valence-corrected chi connectivity index (χ0v) is 16.3. The van der Waals surface area contributed by atoms with Crippen molar-refractivity contribution in [1.82, 2.24) is 15.0 Å². The summed E-state index contributed by atoms with van der Waals surface area (Å²) >= 11 is 0. The fourth-order valence-electron chi connectivity index (χ4n) is 3.61. The number of carbonyl (C=O) groups is 1. The van der Waals surface area contributed by atoms with Gasteiger partial charge in [0.1, 0.15) is 11.8 Å². The Bertz CT molecular complexity index is 1140. The summed E-state index contributed by atoms with van der Waals surface area (Å²) in [5.74, 6) is -0.287. The molecule has 1 aliphatic rings. The van der Waals surface area contributed by atoms with Crippen molar-refractivity contribution in [2.75, 3.05) is 13.7 Å². The van der Waals surface area contributed by atoms with E-state index in [9.17, 15) is 13.2 Å². The maximum Gasteiger partial charge on any atom is 0.268 e. The quantitative estimate of drug-likeness (QED) is 0.626. The molecule has 4 rings (SSSR count). The number of amides is 1. The molecule has 8 heteroatoms. The molecule has 146 valence electrons. The molecule has 28 heavy (non-hydrogen) atoms. The van der Waals surface area contributed by atoms with Gasteiger partial charge in [0.15, 0.2) is 0 Å². The number of aryl methyl sites for hydroxylation is 1. The van der Waals surface area contributed by atoms with Crippen molar-refractivity contribution >= 4 is 26.8 Å². The molecule has 0 aliphatic carbocycles. The van der Waals surface area contributed by atoms with E-state index in [1.165, 1.54) is 7.11 Å². The Morgan fingerprint density at radius 2 is 1.82 bits per heavy atom. The van der Waals surface area contributed by atoms with E-state index in [1.54, 1.807) is 24.3 Å². The third kappa shape index (κ3) is 3.19. The second-order valence-electron chi connectivity index (χ2n) is 6.87. The Hall–Kier alpha value is -2.68. The van der Waals surface area contributed by atoms with E-state index in [1.807, 2.05) is 31.2 Å². The monoisotopic (exact) mass is 399 g/mol. The van der Waals surface area contributed by atoms with Gasteiger partial charge in [-0.3, -0.25) is 4.79 Å². The lowest BCUT2D eigenvalue weighted by molar-refractivity contribution is 0.0778. The van der Waals surface area contributed by atoms with Crippen LogP contribution in [0.5, 0.6) is 0 Å². The molecule has 3 aromatic rings. The summed E-state index contributed by atoms with van der Waals surface area (Å²) in [5, 5.41) is 3.62. The molecule has 7 nitrogen and oxygen atoms in total. The highest BCUT2D eigenvalue weighted by molar-refractivity contribution is 7.89. The number of aromatic amines is 1. The fourth-order valence-corrected chi connectivity index (χ4v) is 4.84. The number of fused-ring (bicyclic) bond motifs is 3. The van der Waals surface area contributed by atoms with E-state index in [0.29, 0.717) is 11.3 Å². The molecule has 2 heterocycles. The number of ether oxygens (including phenoxy) is 1. The normalized spacial score (nSPS) is 19.9. The number of hydrogen-bond acceptors (Lipinski definition) is 4. The van der Waals surface area contributed by atoms with E-state index in [-0.39, 0.29) is 17.3 Å². The average molecular weight is 399 g/mol. The number of H-pyrrole nitrogens is 1. The zero-order chi connectivity index (χ0) is 19.9. The van der Waals surface area contributed by atoms with Gasteiger partial charge in [0.05, 0.1) is 10.9 Å². The van der Waals surface area contributed by atoms with E-state index in [0.717, 1.165) is 16.5 Å². The first-order valence-corrected chi connectivity index (χ1v) is 10.4. The van der Waals surface area contributed by atoms with Gasteiger partial charge in [0, 0.05) is 30.1 Å². The van der Waals surface area contributed by atoms with Crippen LogP contribution in [-0.2, 0) is 14.8 Å². The van der Waals surface area contributed by atoms with E-state index in [4.69, 9.17) is 4.74 Å². The molecule has 0 fully saturated rings. The number of hydrogen-bond donors (Lipinski definition) is 3. The minimum absolute atomic E-state index is 0.110. The van der Waals surface area contributed by atoms with E-state index >= 15 is 0 Å². The third-order valence-electron chi connectivity index (χ3n) is 5.00. The standard InChI is InChI=1S/C20H21N3O4S/c1-12-7-9-13(10-8-12)28(25,26)23-16-11-21-20(24)18-17(19(16)27-2)14-5-3-4-6-15(14)22-18/h3-10,16,19,22-23H,11H2,1-2H3,(H,21,24)/t16-,19+/m0/s1. The van der Waals surface area contributed by atoms with Crippen LogP contribution < -0.4 is 10.0 Å². The predicted octanol–water partition coefficient (Wildman–Crippen LogP) is 2.25. The van der Waals surface area contributed by atoms with Crippen LogP contribution in [-0.4, -0.2) is 39.0 Å². The largest absolute Gasteiger partial charge is 0.375 e. The molecule has 0 radical (unpaired) electrons. The van der Waals surface area contributed by atoms with Crippen LogP contribution in [0.3, 0.4) is 0 Å². The molecule has 0 spiro atoms. The Kier molecular flexibility index (Phi) is 4.70. The van der Waals surface area contributed by atoms with Crippen LogP contribution in [0.2, 0.25) is 0 Å². The van der Waals surface area contributed by atoms with Gasteiger partial charge >= 0.3 is 0 Å². The predicted molar refractivity (Wildman–Crippen MR) is 106 cm³/mol. The van der Waals surface area contributed by atoms with Crippen molar-refractivity contribution in [3.63, 3.8) is 0 Å². The van der Waals surface area contributed by atoms with Crippen LogP contribution in [0.4, 0.5) is 0 Å². The average Bonchev–Trinajstić information content (AvgIpc) is 3.00. The van der Waals surface area contributed by atoms with Gasteiger partial charge in [0.2, 0.25) is 10.0 Å². The smallest absolute Gasteiger partial charge is 0.268 e. The first-order chi connectivity index (χ1) is 13.4. The topological polar surface area (TPSA) is 100 Å². The minimum atomic E-state index is -3.78. The molecule has 1 aliphatic heterocycles. The van der Waals surface area contributed by atoms with Crippen LogP contribution in [0.1, 0.15) is 27.7 Å². The van der Waals surface area contributed by atoms with Gasteiger partial charge in [-0.15, -0.1) is 0 Å². The summed E-state index contributed by atoms with van der Waals surface area (Å²) in [6.07, 6.45) is -0.634. The third-order valence-corrected chi connectivity index (χ3v) is 6.50. The van der Waals surface area contributed by atoms with Gasteiger partial charge in [0.25, 0.3) is 5.91 Å². The lowest BCUT2D eigenvalue weighted by atomic mass is 10.0. The first-order valence-electron chi connectivity index (χ1n) is 8.91.